The third kappa shape index (κ3) is 3.54. The zero-order valence-corrected chi connectivity index (χ0v) is 12.3. The van der Waals surface area contributed by atoms with Crippen molar-refractivity contribution in [3.63, 3.8) is 0 Å². The van der Waals surface area contributed by atoms with Crippen molar-refractivity contribution in [1.82, 2.24) is 5.32 Å². The summed E-state index contributed by atoms with van der Waals surface area (Å²) in [6.45, 7) is 2.01. The Morgan fingerprint density at radius 3 is 2.85 bits per heavy atom. The molecule has 1 fully saturated rings. The molecule has 1 aromatic carbocycles. The number of amides is 1. The molecule has 0 radical (unpaired) electrons. The second kappa shape index (κ2) is 6.31. The van der Waals surface area contributed by atoms with Crippen molar-refractivity contribution in [1.29, 1.82) is 0 Å². The molecule has 1 atom stereocenters. The van der Waals surface area contributed by atoms with Crippen molar-refractivity contribution in [3.8, 4) is 0 Å². The van der Waals surface area contributed by atoms with E-state index in [4.69, 9.17) is 0 Å². The quantitative estimate of drug-likeness (QED) is 0.871. The van der Waals surface area contributed by atoms with Gasteiger partial charge in [-0.05, 0) is 31.1 Å². The molecule has 1 unspecified atom stereocenters. The molecule has 0 spiro atoms. The Morgan fingerprint density at radius 2 is 2.25 bits per heavy atom. The van der Waals surface area contributed by atoms with E-state index < -0.39 is 11.5 Å². The van der Waals surface area contributed by atoms with Crippen molar-refractivity contribution in [2.24, 2.45) is 0 Å². The van der Waals surface area contributed by atoms with Gasteiger partial charge in [-0.3, -0.25) is 4.79 Å². The highest BCUT2D eigenvalue weighted by molar-refractivity contribution is 7.99. The lowest BCUT2D eigenvalue weighted by molar-refractivity contribution is -0.146. The molecular formula is C15H19NO3S. The largest absolute Gasteiger partial charge is 0.479 e. The average Bonchev–Trinajstić information content (AvgIpc) is 2.86. The van der Waals surface area contributed by atoms with Gasteiger partial charge in [-0.1, -0.05) is 29.8 Å². The van der Waals surface area contributed by atoms with Gasteiger partial charge in [0.2, 0.25) is 5.91 Å². The molecule has 4 nitrogen and oxygen atoms in total. The normalized spacial score (nSPS) is 21.6. The summed E-state index contributed by atoms with van der Waals surface area (Å²) in [5.74, 6) is 0.131. The van der Waals surface area contributed by atoms with Gasteiger partial charge in [-0.15, -0.1) is 0 Å². The first-order chi connectivity index (χ1) is 9.52. The minimum atomic E-state index is -1.06. The molecule has 108 valence electrons. The number of carboxylic acids is 1. The number of carboxylic acid groups (broad SMARTS) is 1. The minimum absolute atomic E-state index is 0.184. The summed E-state index contributed by atoms with van der Waals surface area (Å²) in [4.78, 5) is 23.3. The van der Waals surface area contributed by atoms with Gasteiger partial charge in [0.25, 0.3) is 0 Å². The SMILES string of the molecule is Cc1cccc(CCC(=O)NC2(C(=O)O)CCSC2)c1. The lowest BCUT2D eigenvalue weighted by atomic mass is 9.98. The van der Waals surface area contributed by atoms with E-state index in [9.17, 15) is 14.7 Å². The van der Waals surface area contributed by atoms with Gasteiger partial charge in [0.05, 0.1) is 0 Å². The molecule has 1 aliphatic heterocycles. The van der Waals surface area contributed by atoms with Gasteiger partial charge in [0.15, 0.2) is 0 Å². The Hall–Kier alpha value is -1.49. The zero-order chi connectivity index (χ0) is 14.6. The van der Waals surface area contributed by atoms with Crippen molar-refractivity contribution in [2.75, 3.05) is 11.5 Å². The summed E-state index contributed by atoms with van der Waals surface area (Å²) in [6.07, 6.45) is 1.46. The monoisotopic (exact) mass is 293 g/mol. The van der Waals surface area contributed by atoms with Crippen LogP contribution < -0.4 is 5.32 Å². The van der Waals surface area contributed by atoms with Crippen LogP contribution in [0.2, 0.25) is 0 Å². The highest BCUT2D eigenvalue weighted by Gasteiger charge is 2.43. The van der Waals surface area contributed by atoms with Crippen LogP contribution in [0.25, 0.3) is 0 Å². The maximum absolute atomic E-state index is 12.0. The first-order valence-corrected chi connectivity index (χ1v) is 7.85. The Balaban J connectivity index is 1.90. The second-order valence-electron chi connectivity index (χ2n) is 5.23. The molecule has 20 heavy (non-hydrogen) atoms. The first-order valence-electron chi connectivity index (χ1n) is 6.69. The fourth-order valence-electron chi connectivity index (χ4n) is 2.34. The lowest BCUT2D eigenvalue weighted by Gasteiger charge is -2.24. The van der Waals surface area contributed by atoms with E-state index in [0.29, 0.717) is 25.0 Å². The number of benzene rings is 1. The summed E-state index contributed by atoms with van der Waals surface area (Å²) in [6, 6.07) is 8.01. The molecule has 0 bridgehead atoms. The van der Waals surface area contributed by atoms with Gasteiger partial charge in [-0.25, -0.2) is 4.79 Å². The smallest absolute Gasteiger partial charge is 0.330 e. The number of carbonyl (C=O) groups is 2. The lowest BCUT2D eigenvalue weighted by Crippen LogP contribution is -2.54. The van der Waals surface area contributed by atoms with Crippen molar-refractivity contribution >= 4 is 23.6 Å². The number of aliphatic carboxylic acids is 1. The maximum Gasteiger partial charge on any atom is 0.330 e. The molecule has 1 aromatic rings. The van der Waals surface area contributed by atoms with Gasteiger partial charge >= 0.3 is 5.97 Å². The van der Waals surface area contributed by atoms with E-state index >= 15 is 0 Å². The van der Waals surface area contributed by atoms with Crippen LogP contribution in [-0.2, 0) is 16.0 Å². The highest BCUT2D eigenvalue weighted by atomic mass is 32.2. The van der Waals surface area contributed by atoms with E-state index in [-0.39, 0.29) is 5.91 Å². The van der Waals surface area contributed by atoms with Crippen molar-refractivity contribution in [3.05, 3.63) is 35.4 Å². The van der Waals surface area contributed by atoms with Crippen LogP contribution in [0.15, 0.2) is 24.3 Å². The van der Waals surface area contributed by atoms with E-state index in [1.54, 1.807) is 11.8 Å². The summed E-state index contributed by atoms with van der Waals surface area (Å²) < 4.78 is 0. The molecule has 1 amide bonds. The summed E-state index contributed by atoms with van der Waals surface area (Å²) >= 11 is 1.57. The molecule has 0 saturated carbocycles. The third-order valence-electron chi connectivity index (χ3n) is 3.53. The number of rotatable bonds is 5. The Labute approximate surface area is 123 Å². The molecular weight excluding hydrogens is 274 g/mol. The first kappa shape index (κ1) is 14.9. The van der Waals surface area contributed by atoms with Crippen LogP contribution in [0.1, 0.15) is 24.0 Å². The number of carbonyl (C=O) groups excluding carboxylic acids is 1. The van der Waals surface area contributed by atoms with Crippen molar-refractivity contribution < 1.29 is 14.7 Å². The minimum Gasteiger partial charge on any atom is -0.479 e. The average molecular weight is 293 g/mol. The number of nitrogens with one attached hydrogen (secondary N) is 1. The van der Waals surface area contributed by atoms with Gasteiger partial charge in [0.1, 0.15) is 5.54 Å². The predicted molar refractivity (Wildman–Crippen MR) is 80.0 cm³/mol. The highest BCUT2D eigenvalue weighted by Crippen LogP contribution is 2.28. The van der Waals surface area contributed by atoms with Gasteiger partial charge in [-0.2, -0.15) is 11.8 Å². The summed E-state index contributed by atoms with van der Waals surface area (Å²) in [5.41, 5.74) is 1.20. The summed E-state index contributed by atoms with van der Waals surface area (Å²) in [5, 5.41) is 12.0. The number of hydrogen-bond acceptors (Lipinski definition) is 3. The van der Waals surface area contributed by atoms with Crippen LogP contribution in [-0.4, -0.2) is 34.0 Å². The van der Waals surface area contributed by atoms with Crippen LogP contribution in [0.3, 0.4) is 0 Å². The van der Waals surface area contributed by atoms with Crippen LogP contribution in [0, 0.1) is 6.92 Å². The van der Waals surface area contributed by atoms with E-state index in [1.165, 1.54) is 0 Å². The van der Waals surface area contributed by atoms with Crippen LogP contribution >= 0.6 is 11.8 Å². The Bertz CT molecular complexity index is 510. The van der Waals surface area contributed by atoms with Crippen LogP contribution in [0.4, 0.5) is 0 Å². The predicted octanol–water partition coefficient (Wildman–Crippen LogP) is 2.00. The standard InChI is InChI=1S/C15H19NO3S/c1-11-3-2-4-12(9-11)5-6-13(17)16-15(14(18)19)7-8-20-10-15/h2-4,9H,5-8,10H2,1H3,(H,16,17)(H,18,19). The Kier molecular flexibility index (Phi) is 4.70. The topological polar surface area (TPSA) is 66.4 Å². The van der Waals surface area contributed by atoms with Gasteiger partial charge in [0, 0.05) is 12.2 Å². The molecule has 0 aliphatic carbocycles. The van der Waals surface area contributed by atoms with Crippen molar-refractivity contribution in [2.45, 2.75) is 31.7 Å². The maximum atomic E-state index is 12.0. The molecule has 2 rings (SSSR count). The van der Waals surface area contributed by atoms with E-state index in [1.807, 2.05) is 31.2 Å². The molecule has 5 heteroatoms. The molecule has 2 N–H and O–H groups in total. The third-order valence-corrected chi connectivity index (χ3v) is 4.72. The zero-order valence-electron chi connectivity index (χ0n) is 11.5. The van der Waals surface area contributed by atoms with E-state index in [0.717, 1.165) is 16.9 Å². The number of hydrogen-bond donors (Lipinski definition) is 2. The molecule has 0 aromatic heterocycles. The molecule has 1 aliphatic rings. The van der Waals surface area contributed by atoms with Gasteiger partial charge < -0.3 is 10.4 Å². The fourth-order valence-corrected chi connectivity index (χ4v) is 3.67. The molecule has 1 saturated heterocycles. The van der Waals surface area contributed by atoms with Crippen LogP contribution in [0.5, 0.6) is 0 Å². The number of aryl methyl sites for hydroxylation is 2. The number of thioether (sulfide) groups is 1. The van der Waals surface area contributed by atoms with E-state index in [2.05, 4.69) is 5.32 Å². The second-order valence-corrected chi connectivity index (χ2v) is 6.33. The summed E-state index contributed by atoms with van der Waals surface area (Å²) in [7, 11) is 0. The molecule has 1 heterocycles. The fraction of sp³-hybridized carbons (Fsp3) is 0.467. The Morgan fingerprint density at radius 1 is 1.45 bits per heavy atom.